The number of alkyl halides is 3. The third-order valence-electron chi connectivity index (χ3n) is 5.43. The van der Waals surface area contributed by atoms with Crippen molar-refractivity contribution in [3.05, 3.63) is 64.2 Å². The molecule has 2 aliphatic heterocycles. The first-order valence-electron chi connectivity index (χ1n) is 9.14. The van der Waals surface area contributed by atoms with E-state index in [1.165, 1.54) is 12.1 Å². The average molecular weight is 387 g/mol. The van der Waals surface area contributed by atoms with Gasteiger partial charge in [-0.1, -0.05) is 11.8 Å². The SMILES string of the molecule is CC1=C=C=C2C(=C1)C1CN(C)CCC1N2C(=O)Nc1cccc(C(F)(F)F)c1. The highest BCUT2D eigenvalue weighted by atomic mass is 19.4. The zero-order chi connectivity index (χ0) is 20.1. The van der Waals surface area contributed by atoms with Gasteiger partial charge < -0.3 is 10.2 Å². The van der Waals surface area contributed by atoms with Crippen LogP contribution in [0.4, 0.5) is 23.7 Å². The molecule has 4 nitrogen and oxygen atoms in total. The van der Waals surface area contributed by atoms with Gasteiger partial charge in [0.1, 0.15) is 5.70 Å². The number of hydrogen-bond donors (Lipinski definition) is 1. The minimum absolute atomic E-state index is 0.0385. The summed E-state index contributed by atoms with van der Waals surface area (Å²) in [5.74, 6) is 0.158. The number of likely N-dealkylation sites (tertiary alicyclic amines) is 2. The summed E-state index contributed by atoms with van der Waals surface area (Å²) in [7, 11) is 2.05. The van der Waals surface area contributed by atoms with Gasteiger partial charge in [0.2, 0.25) is 0 Å². The number of amides is 2. The first-order chi connectivity index (χ1) is 13.2. The lowest BCUT2D eigenvalue weighted by Crippen LogP contribution is -2.47. The minimum atomic E-state index is -4.46. The van der Waals surface area contributed by atoms with Gasteiger partial charge in [0.15, 0.2) is 0 Å². The summed E-state index contributed by atoms with van der Waals surface area (Å²) >= 11 is 0. The smallest absolute Gasteiger partial charge is 0.308 e. The van der Waals surface area contributed by atoms with E-state index in [9.17, 15) is 18.0 Å². The number of benzene rings is 1. The minimum Gasteiger partial charge on any atom is -0.308 e. The van der Waals surface area contributed by atoms with Crippen LogP contribution in [0.5, 0.6) is 0 Å². The number of anilines is 1. The second kappa shape index (κ2) is 6.71. The molecule has 0 radical (unpaired) electrons. The molecule has 146 valence electrons. The Bertz CT molecular complexity index is 965. The molecule has 2 amide bonds. The van der Waals surface area contributed by atoms with E-state index in [-0.39, 0.29) is 17.6 Å². The third kappa shape index (κ3) is 3.29. The van der Waals surface area contributed by atoms with Crippen LogP contribution in [-0.2, 0) is 6.18 Å². The van der Waals surface area contributed by atoms with Crippen LogP contribution in [0.2, 0.25) is 0 Å². The maximum absolute atomic E-state index is 13.0. The standard InChI is InChI=1S/C21H20F3N3O/c1-13-6-7-18-16(10-13)17-12-26(2)9-8-19(17)27(18)20(28)25-15-5-3-4-14(11-15)21(22,23)24/h3-5,10-11,17,19H,8-9,12H2,1-2H3,(H,25,28). The molecule has 1 aliphatic carbocycles. The Hall–Kier alpha value is -2.72. The van der Waals surface area contributed by atoms with Gasteiger partial charge in [0, 0.05) is 24.2 Å². The van der Waals surface area contributed by atoms with E-state index >= 15 is 0 Å². The van der Waals surface area contributed by atoms with Crippen LogP contribution in [0.3, 0.4) is 0 Å². The van der Waals surface area contributed by atoms with E-state index in [1.54, 1.807) is 4.90 Å². The zero-order valence-electron chi connectivity index (χ0n) is 15.6. The van der Waals surface area contributed by atoms with Crippen molar-refractivity contribution in [3.8, 4) is 0 Å². The van der Waals surface area contributed by atoms with Crippen molar-refractivity contribution in [2.75, 3.05) is 25.5 Å². The molecule has 1 aromatic carbocycles. The molecule has 3 aliphatic rings. The number of nitrogens with zero attached hydrogens (tertiary/aromatic N) is 2. The number of nitrogens with one attached hydrogen (secondary N) is 1. The zero-order valence-corrected chi connectivity index (χ0v) is 15.6. The number of halogens is 3. The van der Waals surface area contributed by atoms with Crippen molar-refractivity contribution in [1.29, 1.82) is 0 Å². The van der Waals surface area contributed by atoms with Crippen LogP contribution >= 0.6 is 0 Å². The lowest BCUT2D eigenvalue weighted by molar-refractivity contribution is -0.137. The molecule has 0 saturated carbocycles. The number of allylic oxidation sites excluding steroid dienone is 3. The fourth-order valence-corrected chi connectivity index (χ4v) is 4.14. The van der Waals surface area contributed by atoms with Crippen LogP contribution in [0.25, 0.3) is 0 Å². The summed E-state index contributed by atoms with van der Waals surface area (Å²) in [5, 5.41) is 2.64. The number of piperidine rings is 1. The Morgan fingerprint density at radius 1 is 1.29 bits per heavy atom. The van der Waals surface area contributed by atoms with Gasteiger partial charge in [0.05, 0.1) is 5.56 Å². The summed E-state index contributed by atoms with van der Waals surface area (Å²) in [4.78, 5) is 16.9. The summed E-state index contributed by atoms with van der Waals surface area (Å²) in [5.41, 5.74) is 8.10. The monoisotopic (exact) mass is 387 g/mol. The van der Waals surface area contributed by atoms with Crippen LogP contribution in [0.15, 0.2) is 58.6 Å². The highest BCUT2D eigenvalue weighted by Gasteiger charge is 2.47. The maximum atomic E-state index is 13.0. The molecule has 2 heterocycles. The number of carbonyl (C=O) groups excluding carboxylic acids is 1. The number of carbonyl (C=O) groups is 1. The van der Waals surface area contributed by atoms with Gasteiger partial charge >= 0.3 is 12.2 Å². The Labute approximate surface area is 161 Å². The Kier molecular flexibility index (Phi) is 4.47. The summed E-state index contributed by atoms with van der Waals surface area (Å²) in [6.45, 7) is 3.61. The van der Waals surface area contributed by atoms with E-state index in [1.807, 2.05) is 20.0 Å². The molecule has 7 heteroatoms. The first kappa shape index (κ1) is 18.6. The lowest BCUT2D eigenvalue weighted by Gasteiger charge is -2.35. The molecule has 2 saturated heterocycles. The fraction of sp³-hybridized carbons (Fsp3) is 0.381. The maximum Gasteiger partial charge on any atom is 0.416 e. The molecule has 2 unspecified atom stereocenters. The van der Waals surface area contributed by atoms with Gasteiger partial charge in [-0.15, -0.1) is 0 Å². The summed E-state index contributed by atoms with van der Waals surface area (Å²) < 4.78 is 38.9. The predicted octanol–water partition coefficient (Wildman–Crippen LogP) is 4.40. The molecule has 28 heavy (non-hydrogen) atoms. The second-order valence-electron chi connectivity index (χ2n) is 7.48. The highest BCUT2D eigenvalue weighted by Crippen LogP contribution is 2.43. The number of urea groups is 1. The summed E-state index contributed by atoms with van der Waals surface area (Å²) in [6, 6.07) is 4.21. The molecule has 0 aromatic heterocycles. The predicted molar refractivity (Wildman–Crippen MR) is 99.5 cm³/mol. The van der Waals surface area contributed by atoms with Gasteiger partial charge in [0.25, 0.3) is 0 Å². The van der Waals surface area contributed by atoms with Crippen LogP contribution < -0.4 is 5.32 Å². The molecule has 4 rings (SSSR count). The van der Waals surface area contributed by atoms with Crippen LogP contribution in [-0.4, -0.2) is 42.0 Å². The highest BCUT2D eigenvalue weighted by molar-refractivity contribution is 5.92. The normalized spacial score (nSPS) is 24.2. The molecule has 1 aromatic rings. The van der Waals surface area contributed by atoms with Gasteiger partial charge in [-0.3, -0.25) is 4.90 Å². The Morgan fingerprint density at radius 2 is 2.07 bits per heavy atom. The lowest BCUT2D eigenvalue weighted by atomic mass is 9.88. The molecular weight excluding hydrogens is 367 g/mol. The quantitative estimate of drug-likeness (QED) is 0.725. The average Bonchev–Trinajstić information content (AvgIpc) is 2.94. The molecule has 0 spiro atoms. The molecule has 0 bridgehead atoms. The molecule has 1 N–H and O–H groups in total. The van der Waals surface area contributed by atoms with Gasteiger partial charge in [-0.05, 0) is 68.1 Å². The van der Waals surface area contributed by atoms with Crippen molar-refractivity contribution in [2.24, 2.45) is 5.92 Å². The topological polar surface area (TPSA) is 35.6 Å². The van der Waals surface area contributed by atoms with Gasteiger partial charge in [-0.2, -0.15) is 13.2 Å². The fourth-order valence-electron chi connectivity index (χ4n) is 4.14. The van der Waals surface area contributed by atoms with Crippen LogP contribution in [0, 0.1) is 5.92 Å². The van der Waals surface area contributed by atoms with Crippen molar-refractivity contribution >= 4 is 11.7 Å². The Balaban J connectivity index is 1.65. The Morgan fingerprint density at radius 3 is 2.82 bits per heavy atom. The number of rotatable bonds is 1. The van der Waals surface area contributed by atoms with E-state index < -0.39 is 17.8 Å². The van der Waals surface area contributed by atoms with Crippen molar-refractivity contribution in [1.82, 2.24) is 9.80 Å². The van der Waals surface area contributed by atoms with Crippen molar-refractivity contribution in [3.63, 3.8) is 0 Å². The van der Waals surface area contributed by atoms with Crippen molar-refractivity contribution in [2.45, 2.75) is 25.6 Å². The van der Waals surface area contributed by atoms with E-state index in [4.69, 9.17) is 0 Å². The van der Waals surface area contributed by atoms with Gasteiger partial charge in [-0.25, -0.2) is 4.79 Å². The largest absolute Gasteiger partial charge is 0.416 e. The summed E-state index contributed by atoms with van der Waals surface area (Å²) in [6.07, 6.45) is -1.64. The molecular formula is C21H20F3N3O. The number of hydrogen-bond acceptors (Lipinski definition) is 2. The van der Waals surface area contributed by atoms with E-state index in [2.05, 4.69) is 21.7 Å². The number of fused-ring (bicyclic) bond motifs is 3. The third-order valence-corrected chi connectivity index (χ3v) is 5.43. The van der Waals surface area contributed by atoms with E-state index in [0.717, 1.165) is 42.8 Å². The molecule has 2 atom stereocenters. The van der Waals surface area contributed by atoms with E-state index in [0.29, 0.717) is 5.70 Å². The van der Waals surface area contributed by atoms with Crippen LogP contribution in [0.1, 0.15) is 18.9 Å². The molecule has 2 fully saturated rings. The first-order valence-corrected chi connectivity index (χ1v) is 9.14. The second-order valence-corrected chi connectivity index (χ2v) is 7.48. The van der Waals surface area contributed by atoms with Crippen molar-refractivity contribution < 1.29 is 18.0 Å².